The summed E-state index contributed by atoms with van der Waals surface area (Å²) in [7, 11) is -4.50. The first-order valence-electron chi connectivity index (χ1n) is 11.8. The highest BCUT2D eigenvalue weighted by molar-refractivity contribution is 7.93. The number of aryl methyl sites for hydroxylation is 1. The van der Waals surface area contributed by atoms with Crippen LogP contribution in [-0.4, -0.2) is 36.6 Å². The van der Waals surface area contributed by atoms with Crippen LogP contribution in [0.25, 0.3) is 5.69 Å². The lowest BCUT2D eigenvalue weighted by Gasteiger charge is -2.23. The molecule has 0 saturated heterocycles. The highest BCUT2D eigenvalue weighted by Crippen LogP contribution is 2.30. The molecule has 0 saturated carbocycles. The molecule has 0 bridgehead atoms. The summed E-state index contributed by atoms with van der Waals surface area (Å²) in [6.07, 6.45) is 1.43. The first-order chi connectivity index (χ1) is 19.0. The van der Waals surface area contributed by atoms with Crippen molar-refractivity contribution in [2.75, 3.05) is 10.8 Å². The number of halogens is 2. The second kappa shape index (κ2) is 11.9. The molecular weight excluding hydrogens is 577 g/mol. The number of rotatable bonds is 9. The topological polar surface area (TPSA) is 127 Å². The first kappa shape index (κ1) is 28.8. The highest BCUT2D eigenvalue weighted by atomic mass is 35.5. The summed E-state index contributed by atoms with van der Waals surface area (Å²) >= 11 is 12.5. The molecule has 10 nitrogen and oxygen atoms in total. The monoisotopic (exact) mass is 599 g/mol. The normalized spacial score (nSPS) is 11.5. The van der Waals surface area contributed by atoms with Gasteiger partial charge in [-0.05, 0) is 56.3 Å². The summed E-state index contributed by atoms with van der Waals surface area (Å²) in [6.45, 7) is 3.06. The molecule has 0 aliphatic heterocycles. The number of hydrogen-bond donors (Lipinski definition) is 1. The smallest absolute Gasteiger partial charge is 0.289 e. The largest absolute Gasteiger partial charge is 0.316 e. The summed E-state index contributed by atoms with van der Waals surface area (Å²) in [5, 5.41) is 16.5. The number of hydrazone groups is 1. The number of aromatic nitrogens is 1. The Bertz CT molecular complexity index is 1720. The molecule has 0 radical (unpaired) electrons. The highest BCUT2D eigenvalue weighted by Gasteiger charge is 2.33. The minimum atomic E-state index is -4.50. The molecule has 0 aliphatic carbocycles. The molecule has 4 rings (SSSR count). The maximum absolute atomic E-state index is 13.5. The lowest BCUT2D eigenvalue weighted by Crippen LogP contribution is -2.39. The van der Waals surface area contributed by atoms with Crippen molar-refractivity contribution >= 4 is 56.7 Å². The van der Waals surface area contributed by atoms with Gasteiger partial charge in [-0.2, -0.15) is 5.10 Å². The molecule has 206 valence electrons. The summed E-state index contributed by atoms with van der Waals surface area (Å²) in [6, 6.07) is 19.8. The van der Waals surface area contributed by atoms with Crippen molar-refractivity contribution in [3.05, 3.63) is 116 Å². The van der Waals surface area contributed by atoms with Crippen LogP contribution in [0.3, 0.4) is 0 Å². The van der Waals surface area contributed by atoms with Crippen LogP contribution in [0.5, 0.6) is 0 Å². The zero-order valence-corrected chi connectivity index (χ0v) is 23.6. The summed E-state index contributed by atoms with van der Waals surface area (Å²) in [5.74, 6) is -0.756. The fourth-order valence-electron chi connectivity index (χ4n) is 4.14. The van der Waals surface area contributed by atoms with Gasteiger partial charge >= 0.3 is 0 Å². The molecule has 0 fully saturated rings. The Morgan fingerprint density at radius 1 is 1.05 bits per heavy atom. The van der Waals surface area contributed by atoms with E-state index in [9.17, 15) is 23.3 Å². The average Bonchev–Trinajstić information content (AvgIpc) is 3.21. The van der Waals surface area contributed by atoms with Gasteiger partial charge in [0.15, 0.2) is 4.90 Å². The van der Waals surface area contributed by atoms with Crippen LogP contribution < -0.4 is 9.73 Å². The van der Waals surface area contributed by atoms with Gasteiger partial charge in [0.05, 0.1) is 27.5 Å². The predicted molar refractivity (Wildman–Crippen MR) is 155 cm³/mol. The van der Waals surface area contributed by atoms with E-state index < -0.39 is 38.0 Å². The van der Waals surface area contributed by atoms with Crippen LogP contribution in [0.1, 0.15) is 17.0 Å². The van der Waals surface area contributed by atoms with Gasteiger partial charge in [-0.25, -0.2) is 13.8 Å². The summed E-state index contributed by atoms with van der Waals surface area (Å²) in [5.41, 5.74) is 4.89. The van der Waals surface area contributed by atoms with Crippen LogP contribution >= 0.6 is 23.2 Å². The van der Waals surface area contributed by atoms with Gasteiger partial charge in [0.25, 0.3) is 21.6 Å². The minimum Gasteiger partial charge on any atom is -0.316 e. The number of nitrogens with zero attached hydrogens (tertiary/aromatic N) is 4. The molecule has 1 aromatic heterocycles. The van der Waals surface area contributed by atoms with Crippen molar-refractivity contribution in [1.82, 2.24) is 9.99 Å². The molecular formula is C27H23Cl2N5O5S. The second-order valence-corrected chi connectivity index (χ2v) is 11.3. The third-order valence-corrected chi connectivity index (χ3v) is 8.35. The van der Waals surface area contributed by atoms with Crippen LogP contribution in [0.15, 0.2) is 88.9 Å². The zero-order chi connectivity index (χ0) is 29.0. The third kappa shape index (κ3) is 6.01. The van der Waals surface area contributed by atoms with E-state index in [0.29, 0.717) is 21.3 Å². The van der Waals surface area contributed by atoms with Gasteiger partial charge in [0.1, 0.15) is 6.54 Å². The number of para-hydroxylation sites is 2. The Morgan fingerprint density at radius 2 is 1.73 bits per heavy atom. The van der Waals surface area contributed by atoms with E-state index in [-0.39, 0.29) is 5.69 Å². The van der Waals surface area contributed by atoms with E-state index in [4.69, 9.17) is 23.2 Å². The molecule has 40 heavy (non-hydrogen) atoms. The van der Waals surface area contributed by atoms with Crippen molar-refractivity contribution in [1.29, 1.82) is 0 Å². The van der Waals surface area contributed by atoms with Crippen molar-refractivity contribution in [3.8, 4) is 5.69 Å². The molecule has 0 unspecified atom stereocenters. The summed E-state index contributed by atoms with van der Waals surface area (Å²) < 4.78 is 29.8. The third-order valence-electron chi connectivity index (χ3n) is 5.97. The molecule has 0 spiro atoms. The van der Waals surface area contributed by atoms with Gasteiger partial charge in [-0.15, -0.1) is 0 Å². The number of nitro benzene ring substituents is 1. The van der Waals surface area contributed by atoms with E-state index in [1.165, 1.54) is 30.5 Å². The Hall–Kier alpha value is -4.19. The van der Waals surface area contributed by atoms with E-state index in [0.717, 1.165) is 27.8 Å². The minimum absolute atomic E-state index is 0.154. The number of carbonyl (C=O) groups is 1. The van der Waals surface area contributed by atoms with Crippen LogP contribution in [0.2, 0.25) is 10.0 Å². The fourth-order valence-corrected chi connectivity index (χ4v) is 6.09. The van der Waals surface area contributed by atoms with Crippen molar-refractivity contribution in [3.63, 3.8) is 0 Å². The second-order valence-electron chi connectivity index (χ2n) is 8.62. The number of nitro groups is 1. The predicted octanol–water partition coefficient (Wildman–Crippen LogP) is 5.65. The fraction of sp³-hybridized carbons (Fsp3) is 0.111. The maximum Gasteiger partial charge on any atom is 0.289 e. The average molecular weight is 600 g/mol. The lowest BCUT2D eigenvalue weighted by molar-refractivity contribution is -0.387. The quantitative estimate of drug-likeness (QED) is 0.151. The standard InChI is InChI=1S/C27H23Cl2N5O5S/c1-18-14-20(19(2)33(18)25-15-21(28)12-13-23(25)29)16-30-31-27(35)17-32(22-8-4-3-5-9-22)40(38,39)26-11-7-6-10-24(26)34(36)37/h3-16H,17H2,1-2H3,(H,31,35)/b30-16-. The Kier molecular flexibility index (Phi) is 8.58. The number of carbonyl (C=O) groups excluding carboxylic acids is 1. The van der Waals surface area contributed by atoms with E-state index in [2.05, 4.69) is 10.5 Å². The van der Waals surface area contributed by atoms with Gasteiger partial charge in [0.2, 0.25) is 0 Å². The van der Waals surface area contributed by atoms with E-state index in [1.807, 2.05) is 24.5 Å². The number of benzene rings is 3. The van der Waals surface area contributed by atoms with Crippen molar-refractivity contribution in [2.45, 2.75) is 18.7 Å². The van der Waals surface area contributed by atoms with E-state index in [1.54, 1.807) is 36.4 Å². The number of nitrogens with one attached hydrogen (secondary N) is 1. The van der Waals surface area contributed by atoms with Gasteiger partial charge in [-0.3, -0.25) is 19.2 Å². The molecule has 3 aromatic carbocycles. The number of anilines is 1. The van der Waals surface area contributed by atoms with Crippen LogP contribution in [-0.2, 0) is 14.8 Å². The van der Waals surface area contributed by atoms with Crippen LogP contribution in [0.4, 0.5) is 11.4 Å². The van der Waals surface area contributed by atoms with Gasteiger partial charge < -0.3 is 4.57 Å². The maximum atomic E-state index is 13.5. The lowest BCUT2D eigenvalue weighted by atomic mass is 10.2. The number of hydrogen-bond acceptors (Lipinski definition) is 6. The van der Waals surface area contributed by atoms with Crippen LogP contribution in [0, 0.1) is 24.0 Å². The molecule has 0 aliphatic rings. The molecule has 4 aromatic rings. The Labute approximate surface area is 240 Å². The number of sulfonamides is 1. The number of amides is 1. The molecule has 13 heteroatoms. The Balaban J connectivity index is 1.59. The molecule has 1 N–H and O–H groups in total. The summed E-state index contributed by atoms with van der Waals surface area (Å²) in [4.78, 5) is 23.1. The van der Waals surface area contributed by atoms with Crippen molar-refractivity contribution < 1.29 is 18.1 Å². The zero-order valence-electron chi connectivity index (χ0n) is 21.3. The molecule has 0 atom stereocenters. The van der Waals surface area contributed by atoms with Gasteiger partial charge in [0, 0.05) is 28.0 Å². The first-order valence-corrected chi connectivity index (χ1v) is 14.0. The van der Waals surface area contributed by atoms with E-state index >= 15 is 0 Å². The van der Waals surface area contributed by atoms with Gasteiger partial charge in [-0.1, -0.05) is 53.5 Å². The van der Waals surface area contributed by atoms with Crippen molar-refractivity contribution in [2.24, 2.45) is 5.10 Å². The Morgan fingerprint density at radius 3 is 2.42 bits per heavy atom. The molecule has 1 amide bonds. The molecule has 1 heterocycles. The SMILES string of the molecule is Cc1cc(/C=N\NC(=O)CN(c2ccccc2)S(=O)(=O)c2ccccc2[N+](=O)[O-])c(C)n1-c1cc(Cl)ccc1Cl.